The largest absolute Gasteiger partial charge is 0.486 e. The van der Waals surface area contributed by atoms with Crippen LogP contribution in [0.15, 0.2) is 60.9 Å². The summed E-state index contributed by atoms with van der Waals surface area (Å²) in [6.45, 7) is 3.10. The molecule has 7 heteroatoms. The molecule has 1 aromatic heterocycles. The third-order valence-electron chi connectivity index (χ3n) is 5.17. The van der Waals surface area contributed by atoms with Crippen LogP contribution in [0.5, 0.6) is 5.75 Å². The molecule has 1 amide bonds. The van der Waals surface area contributed by atoms with Gasteiger partial charge in [0, 0.05) is 61.8 Å². The summed E-state index contributed by atoms with van der Waals surface area (Å²) in [6, 6.07) is 15.6. The Morgan fingerprint density at radius 2 is 1.83 bits per heavy atom. The van der Waals surface area contributed by atoms with E-state index in [1.165, 1.54) is 17.2 Å². The number of thioether (sulfide) groups is 1. The molecule has 0 atom stereocenters. The van der Waals surface area contributed by atoms with Crippen molar-refractivity contribution in [2.75, 3.05) is 29.5 Å². The number of anilines is 1. The van der Waals surface area contributed by atoms with Crippen molar-refractivity contribution in [3.63, 3.8) is 0 Å². The number of rotatable bonds is 7. The van der Waals surface area contributed by atoms with E-state index in [1.807, 2.05) is 41.7 Å². The average molecular weight is 423 g/mol. The van der Waals surface area contributed by atoms with Gasteiger partial charge in [-0.05, 0) is 42.0 Å². The minimum absolute atomic E-state index is 0.0946. The summed E-state index contributed by atoms with van der Waals surface area (Å²) >= 11 is 2.01. The molecule has 3 aromatic rings. The van der Waals surface area contributed by atoms with E-state index in [9.17, 15) is 4.79 Å². The Bertz CT molecular complexity index is 964. The number of nitrogens with one attached hydrogen (secondary N) is 1. The highest BCUT2D eigenvalue weighted by Gasteiger charge is 2.11. The van der Waals surface area contributed by atoms with Crippen molar-refractivity contribution in [1.29, 1.82) is 0 Å². The predicted octanol–water partition coefficient (Wildman–Crippen LogP) is 3.48. The molecule has 0 radical (unpaired) electrons. The Labute approximate surface area is 181 Å². The SMILES string of the molecule is Cn1ccnc1COc1ccc(C(=O)NCc2ccc(N3CCSCC3)cc2)cc1. The lowest BCUT2D eigenvalue weighted by molar-refractivity contribution is 0.0951. The normalized spacial score (nSPS) is 13.8. The van der Waals surface area contributed by atoms with Gasteiger partial charge in [0.05, 0.1) is 0 Å². The van der Waals surface area contributed by atoms with Crippen molar-refractivity contribution in [3.8, 4) is 5.75 Å². The molecule has 1 aliphatic rings. The predicted molar refractivity (Wildman–Crippen MR) is 121 cm³/mol. The van der Waals surface area contributed by atoms with Crippen LogP contribution in [0.3, 0.4) is 0 Å². The third-order valence-corrected chi connectivity index (χ3v) is 6.11. The van der Waals surface area contributed by atoms with Crippen molar-refractivity contribution in [2.45, 2.75) is 13.2 Å². The molecule has 0 saturated carbocycles. The number of benzene rings is 2. The van der Waals surface area contributed by atoms with Gasteiger partial charge in [-0.2, -0.15) is 11.8 Å². The number of aromatic nitrogens is 2. The van der Waals surface area contributed by atoms with Gasteiger partial charge >= 0.3 is 0 Å². The fourth-order valence-electron chi connectivity index (χ4n) is 3.32. The quantitative estimate of drug-likeness (QED) is 0.632. The van der Waals surface area contributed by atoms with Crippen LogP contribution in [0.4, 0.5) is 5.69 Å². The van der Waals surface area contributed by atoms with Crippen LogP contribution >= 0.6 is 11.8 Å². The Kier molecular flexibility index (Phi) is 6.59. The lowest BCUT2D eigenvalue weighted by Crippen LogP contribution is -2.32. The summed E-state index contributed by atoms with van der Waals surface area (Å²) in [5, 5.41) is 2.99. The lowest BCUT2D eigenvalue weighted by atomic mass is 10.1. The van der Waals surface area contributed by atoms with E-state index in [0.29, 0.717) is 24.5 Å². The minimum atomic E-state index is -0.0946. The van der Waals surface area contributed by atoms with Gasteiger partial charge in [-0.15, -0.1) is 0 Å². The maximum absolute atomic E-state index is 12.5. The zero-order chi connectivity index (χ0) is 20.8. The fourth-order valence-corrected chi connectivity index (χ4v) is 4.22. The first-order valence-corrected chi connectivity index (χ1v) is 11.2. The molecule has 1 aliphatic heterocycles. The van der Waals surface area contributed by atoms with E-state index in [1.54, 1.807) is 18.3 Å². The molecule has 0 unspecified atom stereocenters. The monoisotopic (exact) mass is 422 g/mol. The Hall–Kier alpha value is -2.93. The van der Waals surface area contributed by atoms with Crippen molar-refractivity contribution in [2.24, 2.45) is 7.05 Å². The van der Waals surface area contributed by atoms with Crippen LogP contribution in [0.1, 0.15) is 21.7 Å². The number of aryl methyl sites for hydroxylation is 1. The summed E-state index contributed by atoms with van der Waals surface area (Å²) in [7, 11) is 1.93. The first kappa shape index (κ1) is 20.3. The fraction of sp³-hybridized carbons (Fsp3) is 0.304. The van der Waals surface area contributed by atoms with Crippen LogP contribution in [0, 0.1) is 0 Å². The number of carbonyl (C=O) groups is 1. The van der Waals surface area contributed by atoms with Crippen LogP contribution < -0.4 is 15.0 Å². The summed E-state index contributed by atoms with van der Waals surface area (Å²) < 4.78 is 7.65. The first-order chi connectivity index (χ1) is 14.7. The molecule has 6 nitrogen and oxygen atoms in total. The molecule has 1 N–H and O–H groups in total. The van der Waals surface area contributed by atoms with Crippen LogP contribution in [-0.2, 0) is 20.2 Å². The number of carbonyl (C=O) groups excluding carboxylic acids is 1. The van der Waals surface area contributed by atoms with Gasteiger partial charge in [-0.3, -0.25) is 4.79 Å². The highest BCUT2D eigenvalue weighted by Crippen LogP contribution is 2.20. The highest BCUT2D eigenvalue weighted by molar-refractivity contribution is 7.99. The van der Waals surface area contributed by atoms with Gasteiger partial charge in [0.1, 0.15) is 18.2 Å². The lowest BCUT2D eigenvalue weighted by Gasteiger charge is -2.28. The number of ether oxygens (including phenoxy) is 1. The van der Waals surface area contributed by atoms with Gasteiger partial charge in [0.25, 0.3) is 5.91 Å². The molecule has 30 heavy (non-hydrogen) atoms. The minimum Gasteiger partial charge on any atom is -0.486 e. The van der Waals surface area contributed by atoms with Crippen molar-refractivity contribution in [3.05, 3.63) is 77.9 Å². The second-order valence-corrected chi connectivity index (χ2v) is 8.44. The third kappa shape index (κ3) is 5.16. The van der Waals surface area contributed by atoms with Gasteiger partial charge in [0.2, 0.25) is 0 Å². The molecule has 2 heterocycles. The summed E-state index contributed by atoms with van der Waals surface area (Å²) in [5.41, 5.74) is 2.96. The molecule has 0 bridgehead atoms. The van der Waals surface area contributed by atoms with E-state index in [0.717, 1.165) is 24.5 Å². The molecule has 0 aliphatic carbocycles. The maximum atomic E-state index is 12.5. The molecule has 1 saturated heterocycles. The number of imidazole rings is 1. The van der Waals surface area contributed by atoms with E-state index < -0.39 is 0 Å². The van der Waals surface area contributed by atoms with E-state index in [2.05, 4.69) is 39.5 Å². The number of hydrogen-bond donors (Lipinski definition) is 1. The van der Waals surface area contributed by atoms with E-state index >= 15 is 0 Å². The number of amides is 1. The maximum Gasteiger partial charge on any atom is 0.251 e. The standard InChI is InChI=1S/C23H26N4O2S/c1-26-11-10-24-22(26)17-29-21-8-4-19(5-9-21)23(28)25-16-18-2-6-20(7-3-18)27-12-14-30-15-13-27/h2-11H,12-17H2,1H3,(H,25,28). The van der Waals surface area contributed by atoms with Crippen molar-refractivity contribution in [1.82, 2.24) is 14.9 Å². The van der Waals surface area contributed by atoms with E-state index in [4.69, 9.17) is 4.74 Å². The summed E-state index contributed by atoms with van der Waals surface area (Å²) in [5.74, 6) is 3.83. The first-order valence-electron chi connectivity index (χ1n) is 10.1. The summed E-state index contributed by atoms with van der Waals surface area (Å²) in [6.07, 6.45) is 3.62. The topological polar surface area (TPSA) is 59.4 Å². The van der Waals surface area contributed by atoms with E-state index in [-0.39, 0.29) is 5.91 Å². The highest BCUT2D eigenvalue weighted by atomic mass is 32.2. The van der Waals surface area contributed by atoms with Gasteiger partial charge in [0.15, 0.2) is 0 Å². The zero-order valence-electron chi connectivity index (χ0n) is 17.1. The molecule has 156 valence electrons. The second-order valence-electron chi connectivity index (χ2n) is 7.22. The van der Waals surface area contributed by atoms with Gasteiger partial charge in [-0.1, -0.05) is 12.1 Å². The molecule has 0 spiro atoms. The Balaban J connectivity index is 1.27. The second kappa shape index (κ2) is 9.71. The van der Waals surface area contributed by atoms with Gasteiger partial charge in [-0.25, -0.2) is 4.98 Å². The molecule has 4 rings (SSSR count). The molecular weight excluding hydrogens is 396 g/mol. The molecule has 1 fully saturated rings. The Morgan fingerprint density at radius 1 is 1.10 bits per heavy atom. The van der Waals surface area contributed by atoms with Crippen LogP contribution in [0.2, 0.25) is 0 Å². The number of hydrogen-bond acceptors (Lipinski definition) is 5. The average Bonchev–Trinajstić information content (AvgIpc) is 3.22. The van der Waals surface area contributed by atoms with Crippen LogP contribution in [0.25, 0.3) is 0 Å². The summed E-state index contributed by atoms with van der Waals surface area (Å²) in [4.78, 5) is 19.1. The Morgan fingerprint density at radius 3 is 2.50 bits per heavy atom. The van der Waals surface area contributed by atoms with Crippen LogP contribution in [-0.4, -0.2) is 40.1 Å². The van der Waals surface area contributed by atoms with Crippen molar-refractivity contribution >= 4 is 23.4 Å². The smallest absolute Gasteiger partial charge is 0.251 e. The molecule has 2 aromatic carbocycles. The number of nitrogens with zero attached hydrogens (tertiary/aromatic N) is 3. The molecular formula is C23H26N4O2S. The zero-order valence-corrected chi connectivity index (χ0v) is 17.9. The van der Waals surface area contributed by atoms with Gasteiger partial charge < -0.3 is 19.5 Å². The van der Waals surface area contributed by atoms with Crippen molar-refractivity contribution < 1.29 is 9.53 Å².